The number of aromatic nitrogens is 2. The van der Waals surface area contributed by atoms with Gasteiger partial charge in [0.05, 0.1) is 17.5 Å². The molecule has 1 atom stereocenters. The molecule has 0 spiro atoms. The van der Waals surface area contributed by atoms with Gasteiger partial charge in [-0.15, -0.1) is 0 Å². The Balaban J connectivity index is 1.70. The van der Waals surface area contributed by atoms with Crippen molar-refractivity contribution in [3.8, 4) is 0 Å². The van der Waals surface area contributed by atoms with E-state index in [1.165, 1.54) is 22.9 Å². The average Bonchev–Trinajstić information content (AvgIpc) is 3.35. The highest BCUT2D eigenvalue weighted by molar-refractivity contribution is 8.26. The number of furan rings is 1. The average molecular weight is 405 g/mol. The lowest BCUT2D eigenvalue weighted by atomic mass is 10.0. The van der Waals surface area contributed by atoms with E-state index in [2.05, 4.69) is 15.3 Å². The molecule has 1 saturated heterocycles. The van der Waals surface area contributed by atoms with Crippen LogP contribution in [0.15, 0.2) is 40.2 Å². The number of imidazole rings is 1. The molecule has 3 heterocycles. The van der Waals surface area contributed by atoms with E-state index in [-0.39, 0.29) is 17.7 Å². The third kappa shape index (κ3) is 4.48. The quantitative estimate of drug-likeness (QED) is 0.544. The number of aromatic amines is 1. The van der Waals surface area contributed by atoms with Crippen molar-refractivity contribution in [3.05, 3.63) is 47.3 Å². The first-order chi connectivity index (χ1) is 13.0. The van der Waals surface area contributed by atoms with E-state index >= 15 is 0 Å². The molecular weight excluding hydrogens is 384 g/mol. The van der Waals surface area contributed by atoms with E-state index in [0.29, 0.717) is 28.0 Å². The zero-order valence-corrected chi connectivity index (χ0v) is 16.6. The first-order valence-electron chi connectivity index (χ1n) is 8.53. The molecular formula is C18H20N4O3S2. The van der Waals surface area contributed by atoms with E-state index in [1.54, 1.807) is 30.7 Å². The minimum atomic E-state index is -0.665. The first kappa shape index (κ1) is 19.4. The van der Waals surface area contributed by atoms with Gasteiger partial charge in [-0.3, -0.25) is 14.5 Å². The van der Waals surface area contributed by atoms with Crippen molar-refractivity contribution in [1.29, 1.82) is 0 Å². The van der Waals surface area contributed by atoms with E-state index in [1.807, 2.05) is 13.8 Å². The van der Waals surface area contributed by atoms with Gasteiger partial charge in [0.2, 0.25) is 5.91 Å². The Morgan fingerprint density at radius 1 is 1.52 bits per heavy atom. The van der Waals surface area contributed by atoms with E-state index in [9.17, 15) is 9.59 Å². The molecule has 2 N–H and O–H groups in total. The molecule has 0 aliphatic carbocycles. The van der Waals surface area contributed by atoms with E-state index in [0.717, 1.165) is 5.69 Å². The number of H-pyrrole nitrogens is 1. The van der Waals surface area contributed by atoms with Crippen LogP contribution in [0.5, 0.6) is 0 Å². The van der Waals surface area contributed by atoms with Crippen LogP contribution in [0.2, 0.25) is 0 Å². The van der Waals surface area contributed by atoms with Crippen molar-refractivity contribution in [3.63, 3.8) is 0 Å². The molecule has 2 aromatic heterocycles. The standard InChI is InChI=1S/C18H20N4O3S2/c1-11(2)15(16(23)20-6-5-12-9-19-10-21-12)22-17(24)14(27-18(22)26)8-13-4-3-7-25-13/h3-4,7-11,15H,5-6H2,1-2H3,(H,19,21)(H,20,23)/b14-8-/t15-/m0/s1. The third-order valence-electron chi connectivity index (χ3n) is 4.07. The number of thioether (sulfide) groups is 1. The second kappa shape index (κ2) is 8.53. The summed E-state index contributed by atoms with van der Waals surface area (Å²) in [7, 11) is 0. The summed E-state index contributed by atoms with van der Waals surface area (Å²) in [6.45, 7) is 4.24. The number of thiocarbonyl (C=S) groups is 1. The monoisotopic (exact) mass is 404 g/mol. The van der Waals surface area contributed by atoms with Gasteiger partial charge in [-0.1, -0.05) is 37.8 Å². The lowest BCUT2D eigenvalue weighted by Crippen LogP contribution is -2.51. The summed E-state index contributed by atoms with van der Waals surface area (Å²) in [6, 6.07) is 2.84. The zero-order chi connectivity index (χ0) is 19.4. The Bertz CT molecular complexity index is 844. The lowest BCUT2D eigenvalue weighted by Gasteiger charge is -2.28. The summed E-state index contributed by atoms with van der Waals surface area (Å²) in [5.74, 6) is -0.0212. The molecule has 0 bridgehead atoms. The molecule has 1 aliphatic rings. The number of rotatable bonds is 7. The van der Waals surface area contributed by atoms with Crippen LogP contribution in [0.1, 0.15) is 25.3 Å². The number of amides is 2. The smallest absolute Gasteiger partial charge is 0.267 e. The Labute approximate surface area is 166 Å². The van der Waals surface area contributed by atoms with Gasteiger partial charge < -0.3 is 14.7 Å². The second-order valence-electron chi connectivity index (χ2n) is 6.37. The number of carbonyl (C=O) groups is 2. The molecule has 1 aliphatic heterocycles. The minimum absolute atomic E-state index is 0.0948. The van der Waals surface area contributed by atoms with Crippen LogP contribution in [0.3, 0.4) is 0 Å². The van der Waals surface area contributed by atoms with Crippen LogP contribution in [0.4, 0.5) is 0 Å². The number of hydrogen-bond donors (Lipinski definition) is 2. The van der Waals surface area contributed by atoms with Gasteiger partial charge in [-0.2, -0.15) is 0 Å². The summed E-state index contributed by atoms with van der Waals surface area (Å²) < 4.78 is 5.64. The topological polar surface area (TPSA) is 91.2 Å². The van der Waals surface area contributed by atoms with Crippen LogP contribution in [0, 0.1) is 5.92 Å². The molecule has 2 aromatic rings. The molecule has 3 rings (SSSR count). The molecule has 142 valence electrons. The summed E-state index contributed by atoms with van der Waals surface area (Å²) in [6.07, 6.45) is 7.13. The third-order valence-corrected chi connectivity index (χ3v) is 5.40. The number of nitrogens with one attached hydrogen (secondary N) is 2. The molecule has 1 fully saturated rings. The van der Waals surface area contributed by atoms with Gasteiger partial charge in [0, 0.05) is 30.9 Å². The SMILES string of the molecule is CC(C)[C@@H](C(=O)NCCc1cnc[nH]1)N1C(=O)/C(=C/c2ccco2)SC1=S. The van der Waals surface area contributed by atoms with E-state index < -0.39 is 6.04 Å². The maximum Gasteiger partial charge on any atom is 0.267 e. The van der Waals surface area contributed by atoms with Crippen LogP contribution in [0.25, 0.3) is 6.08 Å². The molecule has 0 saturated carbocycles. The minimum Gasteiger partial charge on any atom is -0.465 e. The Morgan fingerprint density at radius 3 is 2.96 bits per heavy atom. The predicted octanol–water partition coefficient (Wildman–Crippen LogP) is 2.59. The molecule has 27 heavy (non-hydrogen) atoms. The van der Waals surface area contributed by atoms with E-state index in [4.69, 9.17) is 16.6 Å². The second-order valence-corrected chi connectivity index (χ2v) is 8.05. The van der Waals surface area contributed by atoms with Gasteiger partial charge in [0.25, 0.3) is 5.91 Å². The number of hydrogen-bond acceptors (Lipinski definition) is 6. The molecule has 7 nitrogen and oxygen atoms in total. The molecule has 0 aromatic carbocycles. The van der Waals surface area contributed by atoms with Gasteiger partial charge in [-0.05, 0) is 18.1 Å². The van der Waals surface area contributed by atoms with Gasteiger partial charge in [0.1, 0.15) is 16.1 Å². The highest BCUT2D eigenvalue weighted by Gasteiger charge is 2.41. The lowest BCUT2D eigenvalue weighted by molar-refractivity contribution is -0.134. The van der Waals surface area contributed by atoms with Crippen LogP contribution < -0.4 is 5.32 Å². The first-order valence-corrected chi connectivity index (χ1v) is 9.75. The van der Waals surface area contributed by atoms with Crippen molar-refractivity contribution >= 4 is 46.2 Å². The van der Waals surface area contributed by atoms with Crippen molar-refractivity contribution in [2.45, 2.75) is 26.3 Å². The normalized spacial score (nSPS) is 17.1. The summed E-state index contributed by atoms with van der Waals surface area (Å²) in [5, 5.41) is 2.89. The molecule has 9 heteroatoms. The fourth-order valence-electron chi connectivity index (χ4n) is 2.79. The van der Waals surface area contributed by atoms with Crippen molar-refractivity contribution < 1.29 is 14.0 Å². The summed E-state index contributed by atoms with van der Waals surface area (Å²) in [4.78, 5) is 34.4. The molecule has 2 amide bonds. The Hall–Kier alpha value is -2.39. The molecule has 0 unspecified atom stereocenters. The largest absolute Gasteiger partial charge is 0.465 e. The van der Waals surface area contributed by atoms with Crippen molar-refractivity contribution in [2.24, 2.45) is 5.92 Å². The van der Waals surface area contributed by atoms with Gasteiger partial charge in [0.15, 0.2) is 0 Å². The van der Waals surface area contributed by atoms with Crippen LogP contribution in [-0.2, 0) is 16.0 Å². The van der Waals surface area contributed by atoms with Crippen molar-refractivity contribution in [1.82, 2.24) is 20.2 Å². The molecule has 0 radical (unpaired) electrons. The Kier molecular flexibility index (Phi) is 6.12. The van der Waals surface area contributed by atoms with Crippen LogP contribution in [-0.4, -0.2) is 43.6 Å². The number of carbonyl (C=O) groups excluding carboxylic acids is 2. The Morgan fingerprint density at radius 2 is 2.33 bits per heavy atom. The zero-order valence-electron chi connectivity index (χ0n) is 15.0. The highest BCUT2D eigenvalue weighted by Crippen LogP contribution is 2.35. The highest BCUT2D eigenvalue weighted by atomic mass is 32.2. The van der Waals surface area contributed by atoms with Gasteiger partial charge >= 0.3 is 0 Å². The summed E-state index contributed by atoms with van der Waals surface area (Å²) in [5.41, 5.74) is 0.934. The maximum atomic E-state index is 12.9. The fourth-order valence-corrected chi connectivity index (χ4v) is 4.10. The maximum absolute atomic E-state index is 12.9. The van der Waals surface area contributed by atoms with Crippen molar-refractivity contribution in [2.75, 3.05) is 6.54 Å². The van der Waals surface area contributed by atoms with Crippen LogP contribution >= 0.6 is 24.0 Å². The fraction of sp³-hybridized carbons (Fsp3) is 0.333. The van der Waals surface area contributed by atoms with Gasteiger partial charge in [-0.25, -0.2) is 4.98 Å². The predicted molar refractivity (Wildman–Crippen MR) is 108 cm³/mol. The summed E-state index contributed by atoms with van der Waals surface area (Å²) >= 11 is 6.57. The number of nitrogens with zero attached hydrogens (tertiary/aromatic N) is 2.